The minimum atomic E-state index is -0.381. The van der Waals surface area contributed by atoms with Gasteiger partial charge in [-0.15, -0.1) is 0 Å². The number of carbonyl (C=O) groups is 1. The molecule has 0 unspecified atom stereocenters. The molecule has 2 nitrogen and oxygen atoms in total. The number of carbonyl (C=O) groups excluding carboxylic acids is 1. The molecule has 0 aromatic heterocycles. The molecule has 2 aromatic rings. The van der Waals surface area contributed by atoms with Crippen LogP contribution in [0.15, 0.2) is 48.5 Å². The molecule has 2 aromatic carbocycles. The van der Waals surface area contributed by atoms with Crippen LogP contribution >= 0.6 is 0 Å². The zero-order chi connectivity index (χ0) is 13.5. The van der Waals surface area contributed by atoms with Gasteiger partial charge < -0.3 is 5.73 Å². The first-order valence-corrected chi connectivity index (χ1v) is 6.60. The second-order valence-corrected chi connectivity index (χ2v) is 5.55. The van der Waals surface area contributed by atoms with Crippen LogP contribution in [-0.2, 0) is 5.41 Å². The van der Waals surface area contributed by atoms with Gasteiger partial charge in [0.2, 0.25) is 5.91 Å². The van der Waals surface area contributed by atoms with Crippen molar-refractivity contribution in [2.24, 2.45) is 5.73 Å². The van der Waals surface area contributed by atoms with Crippen molar-refractivity contribution in [2.75, 3.05) is 0 Å². The first-order chi connectivity index (χ1) is 9.10. The summed E-state index contributed by atoms with van der Waals surface area (Å²) in [5, 5.41) is 0. The molecule has 1 fully saturated rings. The Labute approximate surface area is 113 Å². The number of amides is 1. The van der Waals surface area contributed by atoms with Crippen LogP contribution in [0.3, 0.4) is 0 Å². The van der Waals surface area contributed by atoms with E-state index in [-0.39, 0.29) is 5.91 Å². The summed E-state index contributed by atoms with van der Waals surface area (Å²) in [7, 11) is 0. The average Bonchev–Trinajstić information content (AvgIpc) is 3.18. The summed E-state index contributed by atoms with van der Waals surface area (Å²) < 4.78 is 0. The number of hydrogen-bond donors (Lipinski definition) is 1. The van der Waals surface area contributed by atoms with Crippen molar-refractivity contribution in [1.82, 2.24) is 0 Å². The topological polar surface area (TPSA) is 43.1 Å². The fourth-order valence-corrected chi connectivity index (χ4v) is 2.53. The van der Waals surface area contributed by atoms with Crippen LogP contribution in [-0.4, -0.2) is 5.91 Å². The second-order valence-electron chi connectivity index (χ2n) is 5.55. The van der Waals surface area contributed by atoms with E-state index in [9.17, 15) is 4.79 Å². The molecule has 0 heterocycles. The number of hydrogen-bond acceptors (Lipinski definition) is 1. The van der Waals surface area contributed by atoms with Crippen LogP contribution in [0.25, 0.3) is 11.1 Å². The highest BCUT2D eigenvalue weighted by Gasteiger charge is 2.40. The summed E-state index contributed by atoms with van der Waals surface area (Å²) in [4.78, 5) is 11.1. The zero-order valence-electron chi connectivity index (χ0n) is 11.0. The third kappa shape index (κ3) is 2.14. The SMILES string of the molecule is CC1(c2ccccc2-c2ccc(C(N)=O)cc2)CC1. The van der Waals surface area contributed by atoms with E-state index in [1.54, 1.807) is 12.1 Å². The van der Waals surface area contributed by atoms with Crippen molar-refractivity contribution in [2.45, 2.75) is 25.2 Å². The lowest BCUT2D eigenvalue weighted by Gasteiger charge is -2.15. The molecule has 1 aliphatic carbocycles. The van der Waals surface area contributed by atoms with Crippen molar-refractivity contribution < 1.29 is 4.79 Å². The highest BCUT2D eigenvalue weighted by molar-refractivity contribution is 5.93. The monoisotopic (exact) mass is 251 g/mol. The van der Waals surface area contributed by atoms with E-state index in [0.717, 1.165) is 5.56 Å². The summed E-state index contributed by atoms with van der Waals surface area (Å²) in [6, 6.07) is 16.1. The highest BCUT2D eigenvalue weighted by atomic mass is 16.1. The van der Waals surface area contributed by atoms with Crippen LogP contribution in [0.5, 0.6) is 0 Å². The van der Waals surface area contributed by atoms with Crippen LogP contribution in [0, 0.1) is 0 Å². The standard InChI is InChI=1S/C17H17NO/c1-17(10-11-17)15-5-3-2-4-14(15)12-6-8-13(9-7-12)16(18)19/h2-9H,10-11H2,1H3,(H2,18,19). The minimum Gasteiger partial charge on any atom is -0.366 e. The first-order valence-electron chi connectivity index (χ1n) is 6.60. The molecule has 0 radical (unpaired) electrons. The van der Waals surface area contributed by atoms with Crippen LogP contribution in [0.2, 0.25) is 0 Å². The van der Waals surface area contributed by atoms with Crippen molar-refractivity contribution in [3.63, 3.8) is 0 Å². The van der Waals surface area contributed by atoms with Gasteiger partial charge in [0, 0.05) is 5.56 Å². The largest absolute Gasteiger partial charge is 0.366 e. The Hall–Kier alpha value is -2.09. The minimum absolute atomic E-state index is 0.332. The fourth-order valence-electron chi connectivity index (χ4n) is 2.53. The van der Waals surface area contributed by atoms with E-state index in [1.165, 1.54) is 24.0 Å². The van der Waals surface area contributed by atoms with Crippen molar-refractivity contribution >= 4 is 5.91 Å². The van der Waals surface area contributed by atoms with Crippen molar-refractivity contribution in [1.29, 1.82) is 0 Å². The predicted molar refractivity (Wildman–Crippen MR) is 77.0 cm³/mol. The molecule has 0 atom stereocenters. The third-order valence-corrected chi connectivity index (χ3v) is 4.06. The van der Waals surface area contributed by atoms with E-state index >= 15 is 0 Å². The van der Waals surface area contributed by atoms with E-state index < -0.39 is 0 Å². The van der Waals surface area contributed by atoms with E-state index in [0.29, 0.717) is 11.0 Å². The maximum Gasteiger partial charge on any atom is 0.248 e. The number of benzene rings is 2. The molecule has 1 aliphatic rings. The van der Waals surface area contributed by atoms with Gasteiger partial charge in [-0.3, -0.25) is 4.79 Å². The smallest absolute Gasteiger partial charge is 0.248 e. The molecule has 2 heteroatoms. The fraction of sp³-hybridized carbons (Fsp3) is 0.235. The summed E-state index contributed by atoms with van der Waals surface area (Å²) in [5.41, 5.74) is 9.97. The van der Waals surface area contributed by atoms with Gasteiger partial charge in [0.15, 0.2) is 0 Å². The third-order valence-electron chi connectivity index (χ3n) is 4.06. The van der Waals surface area contributed by atoms with Gasteiger partial charge in [0.1, 0.15) is 0 Å². The summed E-state index contributed by atoms with van der Waals surface area (Å²) in [6.45, 7) is 2.31. The normalized spacial score (nSPS) is 16.1. The lowest BCUT2D eigenvalue weighted by atomic mass is 9.89. The molecule has 19 heavy (non-hydrogen) atoms. The Balaban J connectivity index is 2.05. The first kappa shape index (κ1) is 12.0. The van der Waals surface area contributed by atoms with Gasteiger partial charge in [-0.1, -0.05) is 43.3 Å². The Bertz CT molecular complexity index is 624. The van der Waals surface area contributed by atoms with Gasteiger partial charge in [-0.2, -0.15) is 0 Å². The summed E-state index contributed by atoms with van der Waals surface area (Å²) in [5.74, 6) is -0.381. The number of rotatable bonds is 3. The van der Waals surface area contributed by atoms with Gasteiger partial charge in [0.05, 0.1) is 0 Å². The molecule has 1 amide bonds. The molecular formula is C17H17NO. The molecule has 1 saturated carbocycles. The lowest BCUT2D eigenvalue weighted by Crippen LogP contribution is -2.10. The molecule has 96 valence electrons. The van der Waals surface area contributed by atoms with Crippen molar-refractivity contribution in [3.8, 4) is 11.1 Å². The molecular weight excluding hydrogens is 234 g/mol. The van der Waals surface area contributed by atoms with Crippen LogP contribution in [0.4, 0.5) is 0 Å². The lowest BCUT2D eigenvalue weighted by molar-refractivity contribution is 0.100. The maximum absolute atomic E-state index is 11.1. The molecule has 2 N–H and O–H groups in total. The molecule has 0 saturated heterocycles. The Morgan fingerprint density at radius 3 is 2.26 bits per heavy atom. The molecule has 0 bridgehead atoms. The summed E-state index contributed by atoms with van der Waals surface area (Å²) in [6.07, 6.45) is 2.51. The zero-order valence-corrected chi connectivity index (χ0v) is 11.0. The van der Waals surface area contributed by atoms with Gasteiger partial charge in [0.25, 0.3) is 0 Å². The maximum atomic E-state index is 11.1. The number of nitrogens with two attached hydrogens (primary N) is 1. The molecule has 0 aliphatic heterocycles. The quantitative estimate of drug-likeness (QED) is 0.891. The predicted octanol–water partition coefficient (Wildman–Crippen LogP) is 3.50. The second kappa shape index (κ2) is 4.23. The van der Waals surface area contributed by atoms with Gasteiger partial charge in [-0.05, 0) is 47.1 Å². The van der Waals surface area contributed by atoms with E-state index in [4.69, 9.17) is 5.73 Å². The summed E-state index contributed by atoms with van der Waals surface area (Å²) >= 11 is 0. The van der Waals surface area contributed by atoms with Crippen LogP contribution in [0.1, 0.15) is 35.7 Å². The number of primary amides is 1. The van der Waals surface area contributed by atoms with E-state index in [1.807, 2.05) is 12.1 Å². The van der Waals surface area contributed by atoms with Gasteiger partial charge in [-0.25, -0.2) is 0 Å². The Morgan fingerprint density at radius 1 is 1.05 bits per heavy atom. The van der Waals surface area contributed by atoms with Gasteiger partial charge >= 0.3 is 0 Å². The molecule has 0 spiro atoms. The van der Waals surface area contributed by atoms with E-state index in [2.05, 4.69) is 31.2 Å². The molecule has 3 rings (SSSR count). The van der Waals surface area contributed by atoms with Crippen LogP contribution < -0.4 is 5.73 Å². The Kier molecular flexibility index (Phi) is 2.67. The average molecular weight is 251 g/mol. The highest BCUT2D eigenvalue weighted by Crippen LogP contribution is 2.50. The van der Waals surface area contributed by atoms with Crippen molar-refractivity contribution in [3.05, 3.63) is 59.7 Å². The Morgan fingerprint density at radius 2 is 1.68 bits per heavy atom.